The summed E-state index contributed by atoms with van der Waals surface area (Å²) in [4.78, 5) is 25.7. The van der Waals surface area contributed by atoms with Crippen molar-refractivity contribution in [1.82, 2.24) is 4.90 Å². The molecule has 24 heavy (non-hydrogen) atoms. The van der Waals surface area contributed by atoms with Crippen molar-refractivity contribution in [2.45, 2.75) is 6.92 Å². The van der Waals surface area contributed by atoms with Gasteiger partial charge in [-0.1, -0.05) is 6.07 Å². The van der Waals surface area contributed by atoms with Crippen LogP contribution in [0.3, 0.4) is 0 Å². The van der Waals surface area contributed by atoms with Crippen LogP contribution in [0.4, 0.5) is 10.1 Å². The van der Waals surface area contributed by atoms with Crippen LogP contribution in [0.1, 0.15) is 15.9 Å². The Morgan fingerprint density at radius 2 is 1.83 bits per heavy atom. The third-order valence-electron chi connectivity index (χ3n) is 3.51. The highest BCUT2D eigenvalue weighted by Gasteiger charge is 2.16. The van der Waals surface area contributed by atoms with Gasteiger partial charge in [-0.05, 0) is 48.9 Å². The van der Waals surface area contributed by atoms with Gasteiger partial charge in [-0.25, -0.2) is 4.39 Å². The maximum absolute atomic E-state index is 12.8. The molecule has 0 aliphatic heterocycles. The number of likely N-dealkylation sites (N-methyl/N-ethyl adjacent to an activating group) is 1. The monoisotopic (exact) mass is 330 g/mol. The predicted octanol–water partition coefficient (Wildman–Crippen LogP) is 2.85. The minimum atomic E-state index is -0.381. The zero-order valence-electron chi connectivity index (χ0n) is 13.8. The highest BCUT2D eigenvalue weighted by Crippen LogP contribution is 2.19. The molecule has 0 atom stereocenters. The molecule has 0 spiro atoms. The van der Waals surface area contributed by atoms with E-state index in [-0.39, 0.29) is 24.2 Å². The molecule has 0 aliphatic carbocycles. The molecule has 0 saturated carbocycles. The number of carbonyl (C=O) groups is 2. The Morgan fingerprint density at radius 1 is 1.17 bits per heavy atom. The third kappa shape index (κ3) is 4.32. The van der Waals surface area contributed by atoms with Crippen LogP contribution < -0.4 is 10.1 Å². The van der Waals surface area contributed by atoms with Crippen LogP contribution in [0.15, 0.2) is 42.5 Å². The zero-order valence-corrected chi connectivity index (χ0v) is 13.8. The maximum Gasteiger partial charge on any atom is 0.254 e. The Hall–Kier alpha value is -2.89. The van der Waals surface area contributed by atoms with Gasteiger partial charge in [0.2, 0.25) is 5.91 Å². The number of amides is 2. The molecule has 2 rings (SSSR count). The fraction of sp³-hybridized carbons (Fsp3) is 0.222. The fourth-order valence-electron chi connectivity index (χ4n) is 2.19. The topological polar surface area (TPSA) is 58.6 Å². The van der Waals surface area contributed by atoms with Crippen LogP contribution in [0, 0.1) is 12.7 Å². The smallest absolute Gasteiger partial charge is 0.254 e. The molecule has 2 aromatic carbocycles. The second kappa shape index (κ2) is 7.59. The van der Waals surface area contributed by atoms with E-state index in [1.165, 1.54) is 36.3 Å². The highest BCUT2D eigenvalue weighted by molar-refractivity contribution is 5.99. The van der Waals surface area contributed by atoms with Gasteiger partial charge in [-0.15, -0.1) is 0 Å². The molecule has 0 fully saturated rings. The summed E-state index contributed by atoms with van der Waals surface area (Å²) in [6, 6.07) is 10.5. The standard InChI is InChI=1S/C18H19FN2O3/c1-12-4-5-13(10-16(12)24-3)18(23)21(2)11-17(22)20-15-8-6-14(19)7-9-15/h4-10H,11H2,1-3H3,(H,20,22). The molecule has 0 aromatic heterocycles. The normalized spacial score (nSPS) is 10.2. The van der Waals surface area contributed by atoms with E-state index < -0.39 is 0 Å². The molecule has 0 radical (unpaired) electrons. The van der Waals surface area contributed by atoms with Crippen molar-refractivity contribution in [3.63, 3.8) is 0 Å². The summed E-state index contributed by atoms with van der Waals surface area (Å²) < 4.78 is 18.0. The minimum absolute atomic E-state index is 0.119. The quantitative estimate of drug-likeness (QED) is 0.917. The number of ether oxygens (including phenoxy) is 1. The molecule has 5 nitrogen and oxygen atoms in total. The fourth-order valence-corrected chi connectivity index (χ4v) is 2.19. The number of benzene rings is 2. The zero-order chi connectivity index (χ0) is 17.7. The van der Waals surface area contributed by atoms with Gasteiger partial charge in [0.1, 0.15) is 11.6 Å². The number of hydrogen-bond acceptors (Lipinski definition) is 3. The van der Waals surface area contributed by atoms with E-state index in [1.54, 1.807) is 25.2 Å². The van der Waals surface area contributed by atoms with Crippen molar-refractivity contribution in [2.24, 2.45) is 0 Å². The van der Waals surface area contributed by atoms with E-state index in [2.05, 4.69) is 5.32 Å². The van der Waals surface area contributed by atoms with E-state index in [0.29, 0.717) is 17.0 Å². The average molecular weight is 330 g/mol. The van der Waals surface area contributed by atoms with Gasteiger partial charge in [0, 0.05) is 18.3 Å². The number of nitrogens with one attached hydrogen (secondary N) is 1. The minimum Gasteiger partial charge on any atom is -0.496 e. The molecule has 0 heterocycles. The number of nitrogens with zero attached hydrogens (tertiary/aromatic N) is 1. The second-order valence-corrected chi connectivity index (χ2v) is 5.40. The van der Waals surface area contributed by atoms with Crippen molar-refractivity contribution in [3.05, 3.63) is 59.4 Å². The van der Waals surface area contributed by atoms with Gasteiger partial charge < -0.3 is 15.0 Å². The Morgan fingerprint density at radius 3 is 2.46 bits per heavy atom. The molecule has 0 aliphatic rings. The molecule has 126 valence electrons. The van der Waals surface area contributed by atoms with Gasteiger partial charge >= 0.3 is 0 Å². The van der Waals surface area contributed by atoms with Crippen molar-refractivity contribution < 1.29 is 18.7 Å². The van der Waals surface area contributed by atoms with Crippen LogP contribution in [-0.4, -0.2) is 37.4 Å². The van der Waals surface area contributed by atoms with Crippen LogP contribution >= 0.6 is 0 Å². The van der Waals surface area contributed by atoms with Crippen LogP contribution in [0.25, 0.3) is 0 Å². The van der Waals surface area contributed by atoms with E-state index in [0.717, 1.165) is 5.56 Å². The largest absolute Gasteiger partial charge is 0.496 e. The first-order chi connectivity index (χ1) is 11.4. The number of halogens is 1. The summed E-state index contributed by atoms with van der Waals surface area (Å²) >= 11 is 0. The average Bonchev–Trinajstić information content (AvgIpc) is 2.56. The van der Waals surface area contributed by atoms with Gasteiger partial charge in [0.05, 0.1) is 13.7 Å². The van der Waals surface area contributed by atoms with Gasteiger partial charge in [-0.3, -0.25) is 9.59 Å². The predicted molar refractivity (Wildman–Crippen MR) is 89.7 cm³/mol. The van der Waals surface area contributed by atoms with Crippen LogP contribution in [-0.2, 0) is 4.79 Å². The van der Waals surface area contributed by atoms with Crippen molar-refractivity contribution in [1.29, 1.82) is 0 Å². The van der Waals surface area contributed by atoms with Crippen LogP contribution in [0.5, 0.6) is 5.75 Å². The summed E-state index contributed by atoms with van der Waals surface area (Å²) in [6.45, 7) is 1.76. The first kappa shape index (κ1) is 17.5. The lowest BCUT2D eigenvalue weighted by Gasteiger charge is -2.17. The lowest BCUT2D eigenvalue weighted by molar-refractivity contribution is -0.116. The summed E-state index contributed by atoms with van der Waals surface area (Å²) in [5, 5.41) is 2.61. The second-order valence-electron chi connectivity index (χ2n) is 5.40. The van der Waals surface area contributed by atoms with Crippen molar-refractivity contribution >= 4 is 17.5 Å². The molecular weight excluding hydrogens is 311 g/mol. The number of carbonyl (C=O) groups excluding carboxylic acids is 2. The van der Waals surface area contributed by atoms with Gasteiger partial charge in [-0.2, -0.15) is 0 Å². The molecular formula is C18H19FN2O3. The third-order valence-corrected chi connectivity index (χ3v) is 3.51. The Kier molecular flexibility index (Phi) is 5.52. The summed E-state index contributed by atoms with van der Waals surface area (Å²) in [5.41, 5.74) is 1.83. The molecule has 2 amide bonds. The summed E-state index contributed by atoms with van der Waals surface area (Å²) in [5.74, 6) is -0.419. The number of anilines is 1. The number of methoxy groups -OCH3 is 1. The Labute approximate surface area is 140 Å². The van der Waals surface area contributed by atoms with E-state index in [1.807, 2.05) is 6.92 Å². The lowest BCUT2D eigenvalue weighted by Crippen LogP contribution is -2.34. The van der Waals surface area contributed by atoms with Crippen molar-refractivity contribution in [3.8, 4) is 5.75 Å². The first-order valence-corrected chi connectivity index (χ1v) is 7.36. The summed E-state index contributed by atoms with van der Waals surface area (Å²) in [6.07, 6.45) is 0. The van der Waals surface area contributed by atoms with Crippen molar-refractivity contribution in [2.75, 3.05) is 26.0 Å². The molecule has 2 aromatic rings. The van der Waals surface area contributed by atoms with Gasteiger partial charge in [0.25, 0.3) is 5.91 Å². The lowest BCUT2D eigenvalue weighted by atomic mass is 10.1. The highest BCUT2D eigenvalue weighted by atomic mass is 19.1. The van der Waals surface area contributed by atoms with Gasteiger partial charge in [0.15, 0.2) is 0 Å². The van der Waals surface area contributed by atoms with Crippen LogP contribution in [0.2, 0.25) is 0 Å². The maximum atomic E-state index is 12.8. The number of aryl methyl sites for hydroxylation is 1. The van der Waals surface area contributed by atoms with E-state index in [4.69, 9.17) is 4.74 Å². The number of hydrogen-bond donors (Lipinski definition) is 1. The summed E-state index contributed by atoms with van der Waals surface area (Å²) in [7, 11) is 3.08. The van der Waals surface area contributed by atoms with E-state index >= 15 is 0 Å². The Bertz CT molecular complexity index is 744. The Balaban J connectivity index is 2.00. The SMILES string of the molecule is COc1cc(C(=O)N(C)CC(=O)Nc2ccc(F)cc2)ccc1C. The molecule has 0 unspecified atom stereocenters. The molecule has 1 N–H and O–H groups in total. The molecule has 0 bridgehead atoms. The molecule has 0 saturated heterocycles. The first-order valence-electron chi connectivity index (χ1n) is 7.36. The molecule has 6 heteroatoms. The number of rotatable bonds is 5. The van der Waals surface area contributed by atoms with E-state index in [9.17, 15) is 14.0 Å².